The molecule has 0 heterocycles. The highest BCUT2D eigenvalue weighted by Crippen LogP contribution is 2.47. The van der Waals surface area contributed by atoms with Crippen molar-refractivity contribution in [2.45, 2.75) is 29.1 Å². The predicted octanol–water partition coefficient (Wildman–Crippen LogP) is 6.77. The number of ether oxygens (including phenoxy) is 2. The highest BCUT2D eigenvalue weighted by molar-refractivity contribution is 7.91. The fourth-order valence-electron chi connectivity index (χ4n) is 3.26. The van der Waals surface area contributed by atoms with Gasteiger partial charge in [-0.05, 0) is 67.1 Å². The quantitative estimate of drug-likeness (QED) is 0.144. The van der Waals surface area contributed by atoms with Crippen molar-refractivity contribution in [3.05, 3.63) is 83.2 Å². The number of carbonyl (C=O) groups excluding carboxylic acids is 1. The number of carbonyl (C=O) groups is 1. The Morgan fingerprint density at radius 1 is 0.923 bits per heavy atom. The lowest BCUT2D eigenvalue weighted by Crippen LogP contribution is -2.14. The Morgan fingerprint density at radius 2 is 1.49 bits per heavy atom. The average molecular weight is 578 g/mol. The number of aromatic hydroxyl groups is 1. The normalized spacial score (nSPS) is 12.5. The van der Waals surface area contributed by atoms with E-state index in [-0.39, 0.29) is 6.61 Å². The first-order chi connectivity index (χ1) is 18.0. The predicted molar refractivity (Wildman–Crippen MR) is 122 cm³/mol. The first kappa shape index (κ1) is 29.5. The summed E-state index contributed by atoms with van der Waals surface area (Å²) in [6, 6.07) is 5.89. The van der Waals surface area contributed by atoms with Gasteiger partial charge in [-0.25, -0.2) is 17.6 Å². The van der Waals surface area contributed by atoms with Crippen LogP contribution in [0, 0.1) is 5.82 Å². The summed E-state index contributed by atoms with van der Waals surface area (Å²) in [6.07, 6.45) is -9.43. The van der Waals surface area contributed by atoms with Crippen molar-refractivity contribution in [2.24, 2.45) is 0 Å². The third kappa shape index (κ3) is 6.88. The Bertz CT molecular complexity index is 1470. The molecule has 0 saturated heterocycles. The van der Waals surface area contributed by atoms with Crippen LogP contribution in [0.25, 0.3) is 6.08 Å². The van der Waals surface area contributed by atoms with Gasteiger partial charge in [0.1, 0.15) is 22.2 Å². The van der Waals surface area contributed by atoms with E-state index in [0.717, 1.165) is 30.3 Å². The number of hydrogen-bond donors (Lipinski definition) is 1. The Hall–Kier alpha value is -4.07. The number of rotatable bonds is 7. The molecule has 0 saturated carbocycles. The molecule has 0 atom stereocenters. The maximum atomic E-state index is 13.9. The summed E-state index contributed by atoms with van der Waals surface area (Å²) in [6.45, 7) is 1.37. The van der Waals surface area contributed by atoms with Crippen LogP contribution in [-0.4, -0.2) is 26.1 Å². The molecule has 0 bridgehead atoms. The minimum Gasteiger partial charge on any atom is -0.507 e. The molecule has 0 amide bonds. The summed E-state index contributed by atoms with van der Waals surface area (Å²) in [5, 5.41) is 10.1. The number of halogens is 7. The van der Waals surface area contributed by atoms with Crippen molar-refractivity contribution in [1.82, 2.24) is 0 Å². The number of phenolic OH excluding ortho intramolecular Hbond substituents is 1. The van der Waals surface area contributed by atoms with Crippen molar-refractivity contribution < 1.29 is 58.5 Å². The molecule has 0 aliphatic carbocycles. The van der Waals surface area contributed by atoms with Crippen LogP contribution < -0.4 is 4.74 Å². The van der Waals surface area contributed by atoms with Crippen molar-refractivity contribution in [3.63, 3.8) is 0 Å². The largest absolute Gasteiger partial charge is 0.507 e. The van der Waals surface area contributed by atoms with E-state index in [9.17, 15) is 49.1 Å². The van der Waals surface area contributed by atoms with Gasteiger partial charge >= 0.3 is 18.3 Å². The second-order valence-corrected chi connectivity index (χ2v) is 9.63. The first-order valence-electron chi connectivity index (χ1n) is 10.7. The summed E-state index contributed by atoms with van der Waals surface area (Å²) < 4.78 is 132. The summed E-state index contributed by atoms with van der Waals surface area (Å²) in [5.74, 6) is -5.16. The van der Waals surface area contributed by atoms with Crippen LogP contribution in [0.3, 0.4) is 0 Å². The van der Waals surface area contributed by atoms with Gasteiger partial charge in [0.05, 0.1) is 22.6 Å². The number of phenols is 1. The number of hydrogen-bond acceptors (Lipinski definition) is 6. The highest BCUT2D eigenvalue weighted by Gasteiger charge is 2.43. The minimum absolute atomic E-state index is 0.0803. The van der Waals surface area contributed by atoms with Gasteiger partial charge in [-0.3, -0.25) is 0 Å². The Balaban J connectivity index is 2.17. The zero-order valence-electron chi connectivity index (χ0n) is 19.6. The number of sulfone groups is 1. The van der Waals surface area contributed by atoms with Crippen LogP contribution >= 0.6 is 0 Å². The number of esters is 1. The minimum atomic E-state index is -5.39. The van der Waals surface area contributed by atoms with Crippen molar-refractivity contribution in [1.29, 1.82) is 0 Å². The van der Waals surface area contributed by atoms with Crippen LogP contribution in [0.5, 0.6) is 17.2 Å². The SMILES string of the molecule is CCOC(=O)/C=C/c1cc(C(F)(F)F)c(Oc2ccc(O)c(S(=O)(=O)c3ccc(F)cc3)c2)c(C(F)(F)F)c1. The van der Waals surface area contributed by atoms with Gasteiger partial charge in [-0.2, -0.15) is 26.3 Å². The van der Waals surface area contributed by atoms with Crippen LogP contribution in [0.15, 0.2) is 70.5 Å². The van der Waals surface area contributed by atoms with Gasteiger partial charge in [-0.15, -0.1) is 0 Å². The Kier molecular flexibility index (Phi) is 8.29. The van der Waals surface area contributed by atoms with E-state index < -0.39 is 77.7 Å². The number of benzene rings is 3. The van der Waals surface area contributed by atoms with Gasteiger partial charge < -0.3 is 14.6 Å². The monoisotopic (exact) mass is 578 g/mol. The topological polar surface area (TPSA) is 89.9 Å². The summed E-state index contributed by atoms with van der Waals surface area (Å²) in [7, 11) is -4.60. The smallest absolute Gasteiger partial charge is 0.420 e. The summed E-state index contributed by atoms with van der Waals surface area (Å²) in [4.78, 5) is 10.1. The van der Waals surface area contributed by atoms with Crippen LogP contribution in [0.2, 0.25) is 0 Å². The van der Waals surface area contributed by atoms with E-state index in [1.165, 1.54) is 6.92 Å². The summed E-state index contributed by atoms with van der Waals surface area (Å²) >= 11 is 0. The second-order valence-electron chi connectivity index (χ2n) is 7.71. The second kappa shape index (κ2) is 11.0. The fourth-order valence-corrected chi connectivity index (χ4v) is 4.63. The van der Waals surface area contributed by atoms with Crippen LogP contribution in [0.1, 0.15) is 23.6 Å². The van der Waals surface area contributed by atoms with E-state index in [1.54, 1.807) is 0 Å². The van der Waals surface area contributed by atoms with Gasteiger partial charge in [0.15, 0.2) is 5.75 Å². The molecule has 0 aliphatic rings. The van der Waals surface area contributed by atoms with E-state index in [4.69, 9.17) is 4.74 Å². The van der Waals surface area contributed by atoms with Gasteiger partial charge in [0, 0.05) is 12.1 Å². The molecule has 0 radical (unpaired) electrons. The van der Waals surface area contributed by atoms with E-state index in [1.807, 2.05) is 0 Å². The first-order valence-corrected chi connectivity index (χ1v) is 12.2. The molecule has 0 aromatic heterocycles. The fraction of sp³-hybridized carbons (Fsp3) is 0.160. The molecule has 6 nitrogen and oxygen atoms in total. The molecule has 0 spiro atoms. The van der Waals surface area contributed by atoms with Crippen LogP contribution in [0.4, 0.5) is 30.7 Å². The molecule has 39 heavy (non-hydrogen) atoms. The van der Waals surface area contributed by atoms with Crippen molar-refractivity contribution in [3.8, 4) is 17.2 Å². The van der Waals surface area contributed by atoms with Gasteiger partial charge in [-0.1, -0.05) is 0 Å². The lowest BCUT2D eigenvalue weighted by molar-refractivity contribution is -0.145. The molecule has 208 valence electrons. The van der Waals surface area contributed by atoms with Crippen molar-refractivity contribution >= 4 is 21.9 Å². The molecule has 14 heteroatoms. The van der Waals surface area contributed by atoms with Gasteiger partial charge in [0.2, 0.25) is 9.84 Å². The Labute approximate surface area is 216 Å². The molecule has 0 fully saturated rings. The van der Waals surface area contributed by atoms with E-state index in [2.05, 4.69) is 4.74 Å². The molecule has 3 aromatic carbocycles. The maximum Gasteiger partial charge on any atom is 0.420 e. The molecule has 3 rings (SSSR count). The van der Waals surface area contributed by atoms with Crippen LogP contribution in [-0.2, 0) is 31.7 Å². The third-order valence-corrected chi connectivity index (χ3v) is 6.78. The Morgan fingerprint density at radius 3 is 2.00 bits per heavy atom. The average Bonchev–Trinajstić information content (AvgIpc) is 2.83. The molecule has 1 N–H and O–H groups in total. The van der Waals surface area contributed by atoms with Gasteiger partial charge in [0.25, 0.3) is 0 Å². The zero-order chi connectivity index (χ0) is 29.2. The van der Waals surface area contributed by atoms with Crippen molar-refractivity contribution in [2.75, 3.05) is 6.61 Å². The lowest BCUT2D eigenvalue weighted by atomic mass is 10.0. The molecule has 3 aromatic rings. The molecular weight excluding hydrogens is 561 g/mol. The summed E-state index contributed by atoms with van der Waals surface area (Å²) in [5.41, 5.74) is -4.41. The standard InChI is InChI=1S/C25H17F7O6S/c1-2-37-22(34)10-3-14-11-18(24(27,28)29)23(19(12-14)25(30,31)32)38-16-6-9-20(33)21(13-16)39(35,36)17-7-4-15(26)5-8-17/h3-13,33H,2H2,1H3/b10-3+. The molecule has 0 unspecified atom stereocenters. The van der Waals surface area contributed by atoms with E-state index >= 15 is 0 Å². The molecule has 0 aliphatic heterocycles. The zero-order valence-corrected chi connectivity index (χ0v) is 20.4. The molecular formula is C25H17F7O6S. The number of alkyl halides is 6. The third-order valence-electron chi connectivity index (χ3n) is 4.99. The maximum absolute atomic E-state index is 13.9. The van der Waals surface area contributed by atoms with E-state index in [0.29, 0.717) is 36.4 Å². The highest BCUT2D eigenvalue weighted by atomic mass is 32.2. The lowest BCUT2D eigenvalue weighted by Gasteiger charge is -2.20.